The summed E-state index contributed by atoms with van der Waals surface area (Å²) in [5.74, 6) is 0. The van der Waals surface area contributed by atoms with Gasteiger partial charge in [0, 0.05) is 39.9 Å². The summed E-state index contributed by atoms with van der Waals surface area (Å²) in [5, 5.41) is 0. The van der Waals surface area contributed by atoms with E-state index in [1.54, 1.807) is 0 Å². The van der Waals surface area contributed by atoms with Gasteiger partial charge < -0.3 is 0 Å². The maximum Gasteiger partial charge on any atom is 0.397 e. The molecule has 0 rings (SSSR count). The van der Waals surface area contributed by atoms with Crippen molar-refractivity contribution in [3.63, 3.8) is 0 Å². The molecule has 0 aliphatic heterocycles. The molecule has 0 atom stereocenters. The first-order valence-electron chi connectivity index (χ1n) is 6.68. The molecule has 0 radical (unpaired) electrons. The molecular formula is C12H26O4STh. The summed E-state index contributed by atoms with van der Waals surface area (Å²) in [6.07, 6.45) is 11.9. The monoisotopic (exact) mass is 498 g/mol. The molecule has 0 aromatic heterocycles. The fourth-order valence-electron chi connectivity index (χ4n) is 1.75. The number of hydrogen-bond donors (Lipinski definition) is 1. The van der Waals surface area contributed by atoms with Crippen LogP contribution < -0.4 is 0 Å². The maximum atomic E-state index is 10.2. The van der Waals surface area contributed by atoms with E-state index >= 15 is 0 Å². The van der Waals surface area contributed by atoms with E-state index in [9.17, 15) is 8.42 Å². The minimum Gasteiger partial charge on any atom is -0.264 e. The zero-order valence-electron chi connectivity index (χ0n) is 11.4. The van der Waals surface area contributed by atoms with Crippen molar-refractivity contribution in [1.82, 2.24) is 0 Å². The second kappa shape index (κ2) is 14.6. The number of rotatable bonds is 12. The molecule has 4 nitrogen and oxygen atoms in total. The first-order chi connectivity index (χ1) is 8.06. The average molecular weight is 498 g/mol. The van der Waals surface area contributed by atoms with Crippen molar-refractivity contribution in [2.45, 2.75) is 71.1 Å². The molecule has 0 heterocycles. The Balaban J connectivity index is 0. The van der Waals surface area contributed by atoms with Crippen molar-refractivity contribution in [3.05, 3.63) is 0 Å². The van der Waals surface area contributed by atoms with Gasteiger partial charge in [0.05, 0.1) is 6.61 Å². The van der Waals surface area contributed by atoms with Crippen LogP contribution in [0.15, 0.2) is 0 Å². The largest absolute Gasteiger partial charge is 0.397 e. The van der Waals surface area contributed by atoms with E-state index in [4.69, 9.17) is 4.55 Å². The van der Waals surface area contributed by atoms with Crippen molar-refractivity contribution in [2.24, 2.45) is 0 Å². The molecule has 0 aromatic carbocycles. The van der Waals surface area contributed by atoms with Crippen molar-refractivity contribution in [3.8, 4) is 0 Å². The Morgan fingerprint density at radius 3 is 1.61 bits per heavy atom. The molecule has 1 N–H and O–H groups in total. The van der Waals surface area contributed by atoms with Gasteiger partial charge in [0.25, 0.3) is 0 Å². The molecule has 0 bridgehead atoms. The minimum atomic E-state index is -4.23. The van der Waals surface area contributed by atoms with E-state index in [0.29, 0.717) is 6.42 Å². The summed E-state index contributed by atoms with van der Waals surface area (Å²) in [6.45, 7) is 2.31. The molecule has 0 saturated carbocycles. The van der Waals surface area contributed by atoms with Gasteiger partial charge in [-0.05, 0) is 6.42 Å². The third kappa shape index (κ3) is 19.5. The normalized spacial score (nSPS) is 11.2. The molecule has 0 amide bonds. The molecular weight excluding hydrogens is 472 g/mol. The molecule has 108 valence electrons. The Morgan fingerprint density at radius 1 is 0.833 bits per heavy atom. The second-order valence-corrected chi connectivity index (χ2v) is 5.52. The summed E-state index contributed by atoms with van der Waals surface area (Å²) in [4.78, 5) is 0. The third-order valence-electron chi connectivity index (χ3n) is 2.73. The summed E-state index contributed by atoms with van der Waals surface area (Å²) >= 11 is 0. The second-order valence-electron chi connectivity index (χ2n) is 4.43. The fraction of sp³-hybridized carbons (Fsp3) is 1.00. The summed E-state index contributed by atoms with van der Waals surface area (Å²) in [5.41, 5.74) is 0. The van der Waals surface area contributed by atoms with Crippen molar-refractivity contribution >= 4 is 10.4 Å². The smallest absolute Gasteiger partial charge is 0.264 e. The fourth-order valence-corrected chi connectivity index (χ4v) is 2.08. The van der Waals surface area contributed by atoms with Crippen LogP contribution in [-0.2, 0) is 14.6 Å². The van der Waals surface area contributed by atoms with Crippen LogP contribution >= 0.6 is 0 Å². The SMILES string of the molecule is CCCCCCCCCCCCOS(=O)(=O)O.[Th]. The zero-order valence-corrected chi connectivity index (χ0v) is 16.3. The Kier molecular flexibility index (Phi) is 17.4. The molecule has 0 saturated heterocycles. The van der Waals surface area contributed by atoms with Gasteiger partial charge in [0.2, 0.25) is 0 Å². The van der Waals surface area contributed by atoms with E-state index in [0.717, 1.165) is 12.8 Å². The van der Waals surface area contributed by atoms with Crippen molar-refractivity contribution in [2.75, 3.05) is 6.61 Å². The van der Waals surface area contributed by atoms with Gasteiger partial charge in [-0.1, -0.05) is 64.7 Å². The van der Waals surface area contributed by atoms with Gasteiger partial charge in [0.15, 0.2) is 0 Å². The molecule has 18 heavy (non-hydrogen) atoms. The number of hydrogen-bond acceptors (Lipinski definition) is 3. The van der Waals surface area contributed by atoms with E-state index in [1.807, 2.05) is 0 Å². The quantitative estimate of drug-likeness (QED) is 0.329. The Morgan fingerprint density at radius 2 is 1.22 bits per heavy atom. The molecule has 0 aliphatic rings. The van der Waals surface area contributed by atoms with Crippen molar-refractivity contribution < 1.29 is 57.1 Å². The molecule has 0 aliphatic carbocycles. The van der Waals surface area contributed by atoms with Crippen LogP contribution in [-0.4, -0.2) is 19.6 Å². The zero-order chi connectivity index (χ0) is 13.0. The molecule has 0 aromatic rings. The predicted octanol–water partition coefficient (Wildman–Crippen LogP) is 3.73. The molecule has 0 fully saturated rings. The number of unbranched alkanes of at least 4 members (excludes halogenated alkanes) is 9. The third-order valence-corrected chi connectivity index (χ3v) is 3.19. The van der Waals surface area contributed by atoms with E-state index < -0.39 is 10.4 Å². The van der Waals surface area contributed by atoms with Gasteiger partial charge in [-0.3, -0.25) is 4.55 Å². The maximum absolute atomic E-state index is 10.2. The molecule has 0 spiro atoms. The van der Waals surface area contributed by atoms with Crippen LogP contribution in [0.5, 0.6) is 0 Å². The predicted molar refractivity (Wildman–Crippen MR) is 69.3 cm³/mol. The first-order valence-corrected chi connectivity index (χ1v) is 8.04. The van der Waals surface area contributed by atoms with Gasteiger partial charge in [-0.15, -0.1) is 0 Å². The summed E-state index contributed by atoms with van der Waals surface area (Å²) in [6, 6.07) is 0. The van der Waals surface area contributed by atoms with Crippen LogP contribution in [0.3, 0.4) is 0 Å². The van der Waals surface area contributed by atoms with Crippen molar-refractivity contribution in [1.29, 1.82) is 0 Å². The topological polar surface area (TPSA) is 63.6 Å². The standard InChI is InChI=1S/C12H26O4S.Th/c1-2-3-4-5-6-7-8-9-10-11-12-16-17(13,14)15;/h2-12H2,1H3,(H,13,14,15);. The summed E-state index contributed by atoms with van der Waals surface area (Å²) in [7, 11) is -4.23. The van der Waals surface area contributed by atoms with Gasteiger partial charge in [-0.2, -0.15) is 8.42 Å². The van der Waals surface area contributed by atoms with Crippen LogP contribution in [0.1, 0.15) is 71.1 Å². The Bertz CT molecular complexity index is 255. The van der Waals surface area contributed by atoms with Crippen LogP contribution in [0, 0.1) is 39.9 Å². The average Bonchev–Trinajstić information content (AvgIpc) is 2.24. The van der Waals surface area contributed by atoms with Gasteiger partial charge in [0.1, 0.15) is 0 Å². The van der Waals surface area contributed by atoms with E-state index in [2.05, 4.69) is 11.1 Å². The van der Waals surface area contributed by atoms with Crippen LogP contribution in [0.4, 0.5) is 0 Å². The van der Waals surface area contributed by atoms with E-state index in [-0.39, 0.29) is 46.5 Å². The Labute approximate surface area is 144 Å². The summed E-state index contributed by atoms with van der Waals surface area (Å²) < 4.78 is 33.0. The molecule has 6 heteroatoms. The van der Waals surface area contributed by atoms with E-state index in [1.165, 1.54) is 44.9 Å². The van der Waals surface area contributed by atoms with Crippen LogP contribution in [0.2, 0.25) is 0 Å². The minimum absolute atomic E-state index is 0. The molecule has 0 unspecified atom stereocenters. The first kappa shape index (κ1) is 21.5. The van der Waals surface area contributed by atoms with Gasteiger partial charge >= 0.3 is 10.4 Å². The van der Waals surface area contributed by atoms with Crippen LogP contribution in [0.25, 0.3) is 0 Å². The van der Waals surface area contributed by atoms with Gasteiger partial charge in [-0.25, -0.2) is 4.18 Å². The Hall–Kier alpha value is 1.19.